The standard InChI is InChI=1S/C24H31N3O/c1-6-26(18(3)4)17-21-10-14-23(15-11-21)24(28)27(7-2)19(5)22-12-8-20(16-25)9-13-22/h8-15,18-19H,6-7,17H2,1-5H3. The van der Waals surface area contributed by atoms with Crippen LogP contribution in [0.2, 0.25) is 0 Å². The first-order chi connectivity index (χ1) is 13.4. The fraction of sp³-hybridized carbons (Fsp3) is 0.417. The third-order valence-electron chi connectivity index (χ3n) is 5.31. The summed E-state index contributed by atoms with van der Waals surface area (Å²) in [5, 5.41) is 8.96. The van der Waals surface area contributed by atoms with Gasteiger partial charge < -0.3 is 4.90 Å². The van der Waals surface area contributed by atoms with Gasteiger partial charge in [0.05, 0.1) is 17.7 Å². The molecule has 2 aromatic rings. The van der Waals surface area contributed by atoms with Crippen LogP contribution in [0.4, 0.5) is 0 Å². The van der Waals surface area contributed by atoms with Crippen molar-refractivity contribution in [2.24, 2.45) is 0 Å². The van der Waals surface area contributed by atoms with Crippen molar-refractivity contribution in [3.8, 4) is 6.07 Å². The number of rotatable bonds is 8. The number of carbonyl (C=O) groups excluding carboxylic acids is 1. The van der Waals surface area contributed by atoms with Crippen molar-refractivity contribution in [1.29, 1.82) is 5.26 Å². The summed E-state index contributed by atoms with van der Waals surface area (Å²) in [6.45, 7) is 13.1. The Morgan fingerprint density at radius 3 is 2.04 bits per heavy atom. The van der Waals surface area contributed by atoms with Gasteiger partial charge in [-0.3, -0.25) is 9.69 Å². The highest BCUT2D eigenvalue weighted by atomic mass is 16.2. The molecule has 0 N–H and O–H groups in total. The number of hydrogen-bond acceptors (Lipinski definition) is 3. The van der Waals surface area contributed by atoms with Crippen LogP contribution in [0.1, 0.15) is 67.7 Å². The average Bonchev–Trinajstić information content (AvgIpc) is 2.72. The van der Waals surface area contributed by atoms with Crippen molar-refractivity contribution in [2.75, 3.05) is 13.1 Å². The Morgan fingerprint density at radius 1 is 0.964 bits per heavy atom. The maximum absolute atomic E-state index is 13.1. The number of nitriles is 1. The van der Waals surface area contributed by atoms with Gasteiger partial charge in [0, 0.05) is 24.7 Å². The van der Waals surface area contributed by atoms with Crippen LogP contribution < -0.4 is 0 Å². The summed E-state index contributed by atoms with van der Waals surface area (Å²) in [6.07, 6.45) is 0. The fourth-order valence-electron chi connectivity index (χ4n) is 3.42. The first-order valence-electron chi connectivity index (χ1n) is 10.0. The smallest absolute Gasteiger partial charge is 0.254 e. The summed E-state index contributed by atoms with van der Waals surface area (Å²) < 4.78 is 0. The van der Waals surface area contributed by atoms with Gasteiger partial charge in [-0.1, -0.05) is 31.2 Å². The minimum absolute atomic E-state index is 0.0297. The zero-order chi connectivity index (χ0) is 20.7. The molecule has 1 atom stereocenters. The maximum atomic E-state index is 13.1. The van der Waals surface area contributed by atoms with Crippen LogP contribution in [-0.2, 0) is 6.54 Å². The quantitative estimate of drug-likeness (QED) is 0.649. The lowest BCUT2D eigenvalue weighted by molar-refractivity contribution is 0.0702. The first kappa shape index (κ1) is 21.7. The highest BCUT2D eigenvalue weighted by Gasteiger charge is 2.21. The average molecular weight is 378 g/mol. The van der Waals surface area contributed by atoms with Crippen LogP contribution in [0.15, 0.2) is 48.5 Å². The SMILES string of the molecule is CCN(Cc1ccc(C(=O)N(CC)C(C)c2ccc(C#N)cc2)cc1)C(C)C. The third-order valence-corrected chi connectivity index (χ3v) is 5.31. The number of nitrogens with zero attached hydrogens (tertiary/aromatic N) is 3. The van der Waals surface area contributed by atoms with Gasteiger partial charge in [0.25, 0.3) is 5.91 Å². The Bertz CT molecular complexity index is 803. The van der Waals surface area contributed by atoms with Crippen LogP contribution in [0.3, 0.4) is 0 Å². The van der Waals surface area contributed by atoms with Crippen molar-refractivity contribution >= 4 is 5.91 Å². The second-order valence-electron chi connectivity index (χ2n) is 7.35. The molecule has 1 unspecified atom stereocenters. The zero-order valence-electron chi connectivity index (χ0n) is 17.6. The van der Waals surface area contributed by atoms with Crippen LogP contribution >= 0.6 is 0 Å². The molecule has 28 heavy (non-hydrogen) atoms. The molecule has 1 amide bonds. The second kappa shape index (κ2) is 10.1. The number of benzene rings is 2. The van der Waals surface area contributed by atoms with E-state index in [9.17, 15) is 4.79 Å². The molecule has 4 nitrogen and oxygen atoms in total. The normalized spacial score (nSPS) is 12.1. The van der Waals surface area contributed by atoms with Gasteiger partial charge >= 0.3 is 0 Å². The van der Waals surface area contributed by atoms with Crippen molar-refractivity contribution < 1.29 is 4.79 Å². The van der Waals surface area contributed by atoms with Gasteiger partial charge in [-0.05, 0) is 69.6 Å². The van der Waals surface area contributed by atoms with Gasteiger partial charge in [-0.15, -0.1) is 0 Å². The molecule has 0 aliphatic carbocycles. The summed E-state index contributed by atoms with van der Waals surface area (Å²) in [7, 11) is 0. The monoisotopic (exact) mass is 377 g/mol. The van der Waals surface area contributed by atoms with Crippen LogP contribution in [-0.4, -0.2) is 34.8 Å². The Kier molecular flexibility index (Phi) is 7.78. The third kappa shape index (κ3) is 5.21. The molecule has 0 bridgehead atoms. The van der Waals surface area contributed by atoms with E-state index in [0.29, 0.717) is 23.7 Å². The van der Waals surface area contributed by atoms with E-state index in [4.69, 9.17) is 5.26 Å². The lowest BCUT2D eigenvalue weighted by Crippen LogP contribution is -2.33. The molecule has 0 heterocycles. The highest BCUT2D eigenvalue weighted by Crippen LogP contribution is 2.23. The Balaban J connectivity index is 2.14. The van der Waals surface area contributed by atoms with Crippen molar-refractivity contribution in [2.45, 2.75) is 53.2 Å². The minimum Gasteiger partial charge on any atom is -0.332 e. The van der Waals surface area contributed by atoms with E-state index in [2.05, 4.69) is 43.9 Å². The molecule has 0 spiro atoms. The van der Waals surface area contributed by atoms with Crippen molar-refractivity contribution in [3.05, 3.63) is 70.8 Å². The second-order valence-corrected chi connectivity index (χ2v) is 7.35. The van der Waals surface area contributed by atoms with E-state index in [-0.39, 0.29) is 11.9 Å². The van der Waals surface area contributed by atoms with Gasteiger partial charge in [0.15, 0.2) is 0 Å². The Hall–Kier alpha value is -2.64. The fourth-order valence-corrected chi connectivity index (χ4v) is 3.42. The summed E-state index contributed by atoms with van der Waals surface area (Å²) in [5.41, 5.74) is 3.58. The lowest BCUT2D eigenvalue weighted by atomic mass is 10.0. The number of amides is 1. The van der Waals surface area contributed by atoms with Gasteiger partial charge in [-0.25, -0.2) is 0 Å². The molecule has 0 fully saturated rings. The van der Waals surface area contributed by atoms with E-state index in [1.165, 1.54) is 5.56 Å². The van der Waals surface area contributed by atoms with Crippen LogP contribution in [0.25, 0.3) is 0 Å². The molecular formula is C24H31N3O. The van der Waals surface area contributed by atoms with Crippen LogP contribution in [0.5, 0.6) is 0 Å². The van der Waals surface area contributed by atoms with Gasteiger partial charge in [-0.2, -0.15) is 5.26 Å². The predicted octanol–water partition coefficient (Wildman–Crippen LogP) is 5.01. The van der Waals surface area contributed by atoms with E-state index in [0.717, 1.165) is 18.7 Å². The molecule has 148 valence electrons. The largest absolute Gasteiger partial charge is 0.332 e. The summed E-state index contributed by atoms with van der Waals surface area (Å²) in [4.78, 5) is 17.3. The van der Waals surface area contributed by atoms with Gasteiger partial charge in [0.1, 0.15) is 0 Å². The zero-order valence-corrected chi connectivity index (χ0v) is 17.6. The molecule has 0 aromatic heterocycles. The lowest BCUT2D eigenvalue weighted by Gasteiger charge is -2.29. The number of carbonyl (C=O) groups is 1. The molecule has 0 radical (unpaired) electrons. The van der Waals surface area contributed by atoms with E-state index < -0.39 is 0 Å². The maximum Gasteiger partial charge on any atom is 0.254 e. The van der Waals surface area contributed by atoms with E-state index in [1.54, 1.807) is 12.1 Å². The van der Waals surface area contributed by atoms with Crippen molar-refractivity contribution in [1.82, 2.24) is 9.80 Å². The van der Waals surface area contributed by atoms with Crippen molar-refractivity contribution in [3.63, 3.8) is 0 Å². The topological polar surface area (TPSA) is 47.3 Å². The Labute approximate surface area is 169 Å². The highest BCUT2D eigenvalue weighted by molar-refractivity contribution is 5.94. The molecule has 2 aromatic carbocycles. The number of hydrogen-bond donors (Lipinski definition) is 0. The first-order valence-corrected chi connectivity index (χ1v) is 10.0. The molecule has 4 heteroatoms. The van der Waals surface area contributed by atoms with E-state index >= 15 is 0 Å². The minimum atomic E-state index is -0.0542. The van der Waals surface area contributed by atoms with Gasteiger partial charge in [0.2, 0.25) is 0 Å². The molecule has 2 rings (SSSR count). The van der Waals surface area contributed by atoms with Crippen LogP contribution in [0, 0.1) is 11.3 Å². The molecule has 0 aliphatic heterocycles. The summed E-state index contributed by atoms with van der Waals surface area (Å²) in [6, 6.07) is 18.0. The predicted molar refractivity (Wildman–Crippen MR) is 114 cm³/mol. The Morgan fingerprint density at radius 2 is 1.57 bits per heavy atom. The summed E-state index contributed by atoms with van der Waals surface area (Å²) >= 11 is 0. The molecular weight excluding hydrogens is 346 g/mol. The molecule has 0 saturated carbocycles. The van der Waals surface area contributed by atoms with E-state index in [1.807, 2.05) is 43.0 Å². The summed E-state index contributed by atoms with van der Waals surface area (Å²) in [5.74, 6) is 0.0297. The molecule has 0 saturated heterocycles. The molecule has 0 aliphatic rings.